The van der Waals surface area contributed by atoms with Crippen LogP contribution in [0.3, 0.4) is 0 Å². The summed E-state index contributed by atoms with van der Waals surface area (Å²) in [6.45, 7) is 1.83. The van der Waals surface area contributed by atoms with Gasteiger partial charge in [-0.3, -0.25) is 0 Å². The standard InChI is InChI=1S/C12H13O2/c1-10(13-11-6-2-3-7-11)14-12-8-4-5-9-12/h2-6,8H,7,9H2,1H3. The van der Waals surface area contributed by atoms with E-state index in [1.54, 1.807) is 0 Å². The third-order valence-corrected chi connectivity index (χ3v) is 2.02. The summed E-state index contributed by atoms with van der Waals surface area (Å²) in [5, 5.41) is 0. The highest BCUT2D eigenvalue weighted by Gasteiger charge is 2.12. The third kappa shape index (κ3) is 2.28. The van der Waals surface area contributed by atoms with E-state index >= 15 is 0 Å². The van der Waals surface area contributed by atoms with Gasteiger partial charge in [0.25, 0.3) is 0 Å². The lowest BCUT2D eigenvalue weighted by Crippen LogP contribution is -2.02. The van der Waals surface area contributed by atoms with E-state index < -0.39 is 0 Å². The van der Waals surface area contributed by atoms with Crippen LogP contribution >= 0.6 is 0 Å². The Morgan fingerprint density at radius 1 is 1.00 bits per heavy atom. The molecule has 0 amide bonds. The summed E-state index contributed by atoms with van der Waals surface area (Å²) < 4.78 is 11.0. The minimum Gasteiger partial charge on any atom is -0.450 e. The van der Waals surface area contributed by atoms with Crippen LogP contribution in [0, 0.1) is 6.29 Å². The van der Waals surface area contributed by atoms with Crippen molar-refractivity contribution in [2.75, 3.05) is 0 Å². The molecule has 2 rings (SSSR count). The maximum atomic E-state index is 5.50. The molecule has 1 radical (unpaired) electrons. The van der Waals surface area contributed by atoms with Crippen LogP contribution in [0.5, 0.6) is 0 Å². The molecule has 0 aromatic carbocycles. The van der Waals surface area contributed by atoms with Crippen molar-refractivity contribution < 1.29 is 9.47 Å². The van der Waals surface area contributed by atoms with Crippen molar-refractivity contribution in [2.45, 2.75) is 19.8 Å². The van der Waals surface area contributed by atoms with Crippen molar-refractivity contribution in [2.24, 2.45) is 0 Å². The molecule has 2 nitrogen and oxygen atoms in total. The lowest BCUT2D eigenvalue weighted by molar-refractivity contribution is 0.0281. The number of allylic oxidation sites excluding steroid dienone is 6. The van der Waals surface area contributed by atoms with Gasteiger partial charge in [0.2, 0.25) is 0 Å². The van der Waals surface area contributed by atoms with Crippen LogP contribution in [-0.4, -0.2) is 0 Å². The second-order valence-electron chi connectivity index (χ2n) is 3.23. The Hall–Kier alpha value is -1.44. The van der Waals surface area contributed by atoms with Crippen molar-refractivity contribution >= 4 is 0 Å². The van der Waals surface area contributed by atoms with Crippen LogP contribution in [0.1, 0.15) is 19.8 Å². The smallest absolute Gasteiger partial charge is 0.325 e. The van der Waals surface area contributed by atoms with Crippen molar-refractivity contribution in [3.63, 3.8) is 0 Å². The monoisotopic (exact) mass is 189 g/mol. The average Bonchev–Trinajstić information content (AvgIpc) is 2.76. The Labute approximate surface area is 84.2 Å². The van der Waals surface area contributed by atoms with Gasteiger partial charge in [-0.1, -0.05) is 24.3 Å². The summed E-state index contributed by atoms with van der Waals surface area (Å²) in [6.07, 6.45) is 14.3. The lowest BCUT2D eigenvalue weighted by Gasteiger charge is -2.15. The highest BCUT2D eigenvalue weighted by atomic mass is 16.7. The highest BCUT2D eigenvalue weighted by Crippen LogP contribution is 2.22. The van der Waals surface area contributed by atoms with E-state index in [0.29, 0.717) is 6.29 Å². The summed E-state index contributed by atoms with van der Waals surface area (Å²) in [4.78, 5) is 0. The molecule has 2 aliphatic carbocycles. The fourth-order valence-corrected chi connectivity index (χ4v) is 1.40. The van der Waals surface area contributed by atoms with Crippen molar-refractivity contribution in [3.05, 3.63) is 54.3 Å². The molecule has 0 N–H and O–H groups in total. The van der Waals surface area contributed by atoms with Gasteiger partial charge >= 0.3 is 6.29 Å². The molecule has 0 aromatic heterocycles. The first-order valence-electron chi connectivity index (χ1n) is 4.75. The van der Waals surface area contributed by atoms with Gasteiger partial charge < -0.3 is 9.47 Å². The molecule has 73 valence electrons. The quantitative estimate of drug-likeness (QED) is 0.676. The minimum atomic E-state index is 0.592. The van der Waals surface area contributed by atoms with Crippen LogP contribution in [0.4, 0.5) is 0 Å². The fourth-order valence-electron chi connectivity index (χ4n) is 1.40. The molecule has 0 bridgehead atoms. The van der Waals surface area contributed by atoms with Gasteiger partial charge in [-0.15, -0.1) is 0 Å². The molecule has 0 atom stereocenters. The van der Waals surface area contributed by atoms with Crippen LogP contribution in [-0.2, 0) is 9.47 Å². The molecule has 0 unspecified atom stereocenters. The molecule has 0 spiro atoms. The normalized spacial score (nSPS) is 18.7. The Bertz CT molecular complexity index is 289. The predicted molar refractivity (Wildman–Crippen MR) is 54.8 cm³/mol. The summed E-state index contributed by atoms with van der Waals surface area (Å²) in [5.41, 5.74) is 0. The first-order chi connectivity index (χ1) is 6.84. The average molecular weight is 189 g/mol. The first-order valence-corrected chi connectivity index (χ1v) is 4.75. The van der Waals surface area contributed by atoms with Crippen LogP contribution in [0.15, 0.2) is 48.0 Å². The zero-order valence-corrected chi connectivity index (χ0v) is 8.19. The molecule has 0 aromatic rings. The molecule has 0 heterocycles. The Morgan fingerprint density at radius 2 is 1.50 bits per heavy atom. The third-order valence-electron chi connectivity index (χ3n) is 2.02. The van der Waals surface area contributed by atoms with Gasteiger partial charge in [-0.25, -0.2) is 0 Å². The lowest BCUT2D eigenvalue weighted by atomic mass is 10.4. The highest BCUT2D eigenvalue weighted by molar-refractivity contribution is 5.20. The van der Waals surface area contributed by atoms with Gasteiger partial charge in [-0.05, 0) is 12.2 Å². The predicted octanol–water partition coefficient (Wildman–Crippen LogP) is 3.22. The van der Waals surface area contributed by atoms with Crippen LogP contribution < -0.4 is 0 Å². The van der Waals surface area contributed by atoms with E-state index in [1.807, 2.05) is 31.2 Å². The molecule has 0 aliphatic heterocycles. The topological polar surface area (TPSA) is 18.5 Å². The summed E-state index contributed by atoms with van der Waals surface area (Å²) in [6, 6.07) is 0. The van der Waals surface area contributed by atoms with Gasteiger partial charge in [0.1, 0.15) is 11.5 Å². The van der Waals surface area contributed by atoms with Crippen molar-refractivity contribution in [3.8, 4) is 0 Å². The van der Waals surface area contributed by atoms with Gasteiger partial charge in [-0.2, -0.15) is 0 Å². The summed E-state index contributed by atoms with van der Waals surface area (Å²) >= 11 is 0. The van der Waals surface area contributed by atoms with Crippen LogP contribution in [0.25, 0.3) is 0 Å². The molecule has 14 heavy (non-hydrogen) atoms. The zero-order chi connectivity index (χ0) is 9.80. The second-order valence-corrected chi connectivity index (χ2v) is 3.23. The van der Waals surface area contributed by atoms with E-state index in [4.69, 9.17) is 9.47 Å². The maximum absolute atomic E-state index is 5.50. The van der Waals surface area contributed by atoms with Gasteiger partial charge in [0.05, 0.1) is 0 Å². The van der Waals surface area contributed by atoms with Crippen LogP contribution in [0.2, 0.25) is 0 Å². The minimum absolute atomic E-state index is 0.592. The van der Waals surface area contributed by atoms with E-state index in [-0.39, 0.29) is 0 Å². The molecule has 0 saturated heterocycles. The van der Waals surface area contributed by atoms with Gasteiger partial charge in [0.15, 0.2) is 0 Å². The van der Waals surface area contributed by atoms with E-state index in [2.05, 4.69) is 12.2 Å². The molecular formula is C12H13O2. The summed E-state index contributed by atoms with van der Waals surface area (Å²) in [5.74, 6) is 1.88. The molecule has 2 aliphatic rings. The number of hydrogen-bond acceptors (Lipinski definition) is 2. The fraction of sp³-hybridized carbons (Fsp3) is 0.250. The van der Waals surface area contributed by atoms with Crippen molar-refractivity contribution in [1.29, 1.82) is 0 Å². The summed E-state index contributed by atoms with van der Waals surface area (Å²) in [7, 11) is 0. The first kappa shape index (κ1) is 9.13. The zero-order valence-electron chi connectivity index (χ0n) is 8.19. The van der Waals surface area contributed by atoms with E-state index in [0.717, 1.165) is 24.4 Å². The molecule has 0 saturated carbocycles. The van der Waals surface area contributed by atoms with Gasteiger partial charge in [0, 0.05) is 19.8 Å². The maximum Gasteiger partial charge on any atom is 0.325 e. The number of rotatable bonds is 4. The van der Waals surface area contributed by atoms with E-state index in [9.17, 15) is 0 Å². The molecule has 0 fully saturated rings. The Morgan fingerprint density at radius 3 is 1.86 bits per heavy atom. The largest absolute Gasteiger partial charge is 0.450 e. The second kappa shape index (κ2) is 4.18. The Kier molecular flexibility index (Phi) is 2.73. The molecular weight excluding hydrogens is 176 g/mol. The van der Waals surface area contributed by atoms with E-state index in [1.165, 1.54) is 0 Å². The van der Waals surface area contributed by atoms with Crippen molar-refractivity contribution in [1.82, 2.24) is 0 Å². The number of hydrogen-bond donors (Lipinski definition) is 0. The molecule has 2 heteroatoms. The SMILES string of the molecule is C[C](OC1=CC=CC1)OC1=CC=CC1. The number of ether oxygens (including phenoxy) is 2. The Balaban J connectivity index is 1.76.